The van der Waals surface area contributed by atoms with Crippen molar-refractivity contribution in [3.63, 3.8) is 0 Å². The zero-order valence-electron chi connectivity index (χ0n) is 18.0. The van der Waals surface area contributed by atoms with Gasteiger partial charge in [0.2, 0.25) is 0 Å². The molecule has 4 rings (SSSR count). The van der Waals surface area contributed by atoms with E-state index >= 15 is 0 Å². The van der Waals surface area contributed by atoms with E-state index in [1.807, 2.05) is 59.5 Å². The van der Waals surface area contributed by atoms with Crippen molar-refractivity contribution in [2.45, 2.75) is 25.4 Å². The van der Waals surface area contributed by atoms with E-state index in [4.69, 9.17) is 9.47 Å². The number of rotatable bonds is 9. The summed E-state index contributed by atoms with van der Waals surface area (Å²) in [5, 5.41) is 2.85. The summed E-state index contributed by atoms with van der Waals surface area (Å²) in [5.41, 5.74) is 2.12. The quantitative estimate of drug-likeness (QED) is 0.542. The topological polar surface area (TPSA) is 67.9 Å². The zero-order valence-corrected chi connectivity index (χ0v) is 18.0. The van der Waals surface area contributed by atoms with Gasteiger partial charge in [0.25, 0.3) is 11.8 Å². The van der Waals surface area contributed by atoms with Gasteiger partial charge < -0.3 is 19.7 Å². The van der Waals surface area contributed by atoms with E-state index in [1.165, 1.54) is 0 Å². The molecule has 6 nitrogen and oxygen atoms in total. The van der Waals surface area contributed by atoms with Crippen LogP contribution < -0.4 is 14.8 Å². The summed E-state index contributed by atoms with van der Waals surface area (Å²) in [6.07, 6.45) is 2.00. The van der Waals surface area contributed by atoms with E-state index in [2.05, 4.69) is 5.32 Å². The Hall–Kier alpha value is -3.80. The van der Waals surface area contributed by atoms with Crippen LogP contribution >= 0.6 is 0 Å². The first-order valence-corrected chi connectivity index (χ1v) is 10.6. The van der Waals surface area contributed by atoms with Crippen molar-refractivity contribution in [2.24, 2.45) is 0 Å². The highest BCUT2D eigenvalue weighted by atomic mass is 16.5. The molecule has 6 heteroatoms. The molecule has 1 fully saturated rings. The molecule has 0 saturated heterocycles. The van der Waals surface area contributed by atoms with E-state index in [9.17, 15) is 9.59 Å². The Morgan fingerprint density at radius 1 is 0.938 bits per heavy atom. The van der Waals surface area contributed by atoms with Crippen LogP contribution in [-0.2, 0) is 11.3 Å². The molecule has 0 atom stereocenters. The number of benzene rings is 3. The molecule has 2 amide bonds. The predicted molar refractivity (Wildman–Crippen MR) is 123 cm³/mol. The maximum Gasteiger partial charge on any atom is 0.261 e. The second kappa shape index (κ2) is 10.0. The minimum absolute atomic E-state index is 0.0958. The molecule has 3 aromatic rings. The summed E-state index contributed by atoms with van der Waals surface area (Å²) >= 11 is 0. The lowest BCUT2D eigenvalue weighted by Crippen LogP contribution is -2.36. The summed E-state index contributed by atoms with van der Waals surface area (Å²) < 4.78 is 11.0. The molecule has 0 unspecified atom stereocenters. The molecule has 0 radical (unpaired) electrons. The molecule has 0 aliphatic heterocycles. The van der Waals surface area contributed by atoms with Crippen LogP contribution in [0.2, 0.25) is 0 Å². The SMILES string of the molecule is COc1ccc(CN(C(=O)COc2ccccc2C(=O)Nc2ccccc2)C2CC2)cc1. The normalized spacial score (nSPS) is 12.7. The van der Waals surface area contributed by atoms with E-state index in [0.29, 0.717) is 23.5 Å². The van der Waals surface area contributed by atoms with Gasteiger partial charge in [-0.2, -0.15) is 0 Å². The third-order valence-corrected chi connectivity index (χ3v) is 5.33. The largest absolute Gasteiger partial charge is 0.497 e. The van der Waals surface area contributed by atoms with Crippen LogP contribution in [0.5, 0.6) is 11.5 Å². The molecule has 0 bridgehead atoms. The van der Waals surface area contributed by atoms with Crippen LogP contribution in [0.1, 0.15) is 28.8 Å². The van der Waals surface area contributed by atoms with Gasteiger partial charge in [-0.05, 0) is 54.8 Å². The lowest BCUT2D eigenvalue weighted by Gasteiger charge is -2.23. The smallest absolute Gasteiger partial charge is 0.261 e. The van der Waals surface area contributed by atoms with Crippen LogP contribution in [0.3, 0.4) is 0 Å². The van der Waals surface area contributed by atoms with Crippen LogP contribution in [0.4, 0.5) is 5.69 Å². The van der Waals surface area contributed by atoms with Gasteiger partial charge in [-0.1, -0.05) is 42.5 Å². The molecule has 32 heavy (non-hydrogen) atoms. The third-order valence-electron chi connectivity index (χ3n) is 5.33. The predicted octanol–water partition coefficient (Wildman–Crippen LogP) is 4.52. The Bertz CT molecular complexity index is 1060. The number of nitrogens with one attached hydrogen (secondary N) is 1. The minimum Gasteiger partial charge on any atom is -0.497 e. The van der Waals surface area contributed by atoms with Gasteiger partial charge >= 0.3 is 0 Å². The van der Waals surface area contributed by atoms with E-state index in [1.54, 1.807) is 31.4 Å². The van der Waals surface area contributed by atoms with Crippen molar-refractivity contribution >= 4 is 17.5 Å². The number of carbonyl (C=O) groups excluding carboxylic acids is 2. The van der Waals surface area contributed by atoms with Crippen molar-refractivity contribution < 1.29 is 19.1 Å². The average Bonchev–Trinajstić information content (AvgIpc) is 3.67. The van der Waals surface area contributed by atoms with Crippen LogP contribution in [0.15, 0.2) is 78.9 Å². The Balaban J connectivity index is 1.40. The number of hydrogen-bond acceptors (Lipinski definition) is 4. The first-order valence-electron chi connectivity index (χ1n) is 10.6. The molecule has 1 saturated carbocycles. The second-order valence-corrected chi connectivity index (χ2v) is 7.71. The zero-order chi connectivity index (χ0) is 22.3. The molecular formula is C26H26N2O4. The molecule has 164 valence electrons. The molecule has 3 aromatic carbocycles. The lowest BCUT2D eigenvalue weighted by atomic mass is 10.2. The molecule has 0 heterocycles. The van der Waals surface area contributed by atoms with Gasteiger partial charge in [-0.25, -0.2) is 0 Å². The standard InChI is InChI=1S/C26H26N2O4/c1-31-22-15-11-19(12-16-22)17-28(21-13-14-21)25(29)18-32-24-10-6-5-9-23(24)26(30)27-20-7-3-2-4-8-20/h2-12,15-16,21H,13-14,17-18H2,1H3,(H,27,30). The van der Waals surface area contributed by atoms with Crippen LogP contribution in [0, 0.1) is 0 Å². The highest BCUT2D eigenvalue weighted by Gasteiger charge is 2.32. The fourth-order valence-electron chi connectivity index (χ4n) is 3.46. The number of nitrogens with zero attached hydrogens (tertiary/aromatic N) is 1. The van der Waals surface area contributed by atoms with Gasteiger partial charge in [0.05, 0.1) is 12.7 Å². The number of hydrogen-bond donors (Lipinski definition) is 1. The Morgan fingerprint density at radius 3 is 2.31 bits per heavy atom. The second-order valence-electron chi connectivity index (χ2n) is 7.71. The monoisotopic (exact) mass is 430 g/mol. The summed E-state index contributed by atoms with van der Waals surface area (Å²) in [6.45, 7) is 0.398. The Morgan fingerprint density at radius 2 is 1.62 bits per heavy atom. The molecule has 0 spiro atoms. The van der Waals surface area contributed by atoms with Gasteiger partial charge in [-0.3, -0.25) is 9.59 Å². The minimum atomic E-state index is -0.281. The highest BCUT2D eigenvalue weighted by Crippen LogP contribution is 2.29. The average molecular weight is 431 g/mol. The Labute approximate surface area is 187 Å². The van der Waals surface area contributed by atoms with Crippen LogP contribution in [0.25, 0.3) is 0 Å². The van der Waals surface area contributed by atoms with E-state index in [0.717, 1.165) is 24.2 Å². The van der Waals surface area contributed by atoms with Gasteiger partial charge in [0, 0.05) is 18.3 Å². The number of anilines is 1. The first kappa shape index (κ1) is 21.4. The highest BCUT2D eigenvalue weighted by molar-refractivity contribution is 6.06. The molecular weight excluding hydrogens is 404 g/mol. The van der Waals surface area contributed by atoms with Crippen molar-refractivity contribution in [1.82, 2.24) is 4.90 Å². The molecule has 1 aliphatic rings. The van der Waals surface area contributed by atoms with Crippen molar-refractivity contribution in [1.29, 1.82) is 0 Å². The van der Waals surface area contributed by atoms with Gasteiger partial charge in [0.1, 0.15) is 11.5 Å². The summed E-state index contributed by atoms with van der Waals surface area (Å²) in [7, 11) is 1.63. The van der Waals surface area contributed by atoms with Gasteiger partial charge in [0.15, 0.2) is 6.61 Å². The van der Waals surface area contributed by atoms with Crippen molar-refractivity contribution in [3.8, 4) is 11.5 Å². The number of ether oxygens (including phenoxy) is 2. The number of methoxy groups -OCH3 is 1. The van der Waals surface area contributed by atoms with Crippen molar-refractivity contribution in [2.75, 3.05) is 19.0 Å². The summed E-state index contributed by atoms with van der Waals surface area (Å²) in [4.78, 5) is 27.6. The Kier molecular flexibility index (Phi) is 6.70. The maximum absolute atomic E-state index is 13.0. The van der Waals surface area contributed by atoms with Gasteiger partial charge in [-0.15, -0.1) is 0 Å². The van der Waals surface area contributed by atoms with Crippen LogP contribution in [-0.4, -0.2) is 36.5 Å². The fraction of sp³-hybridized carbons (Fsp3) is 0.231. The molecule has 1 aliphatic carbocycles. The maximum atomic E-state index is 13.0. The van der Waals surface area contributed by atoms with E-state index in [-0.39, 0.29) is 24.5 Å². The summed E-state index contributed by atoms with van der Waals surface area (Å²) in [6, 6.07) is 24.1. The molecule has 1 N–H and O–H groups in total. The summed E-state index contributed by atoms with van der Waals surface area (Å²) in [5.74, 6) is 0.791. The number of amides is 2. The number of para-hydroxylation sites is 2. The number of carbonyl (C=O) groups is 2. The van der Waals surface area contributed by atoms with Crippen molar-refractivity contribution in [3.05, 3.63) is 90.0 Å². The molecule has 0 aromatic heterocycles. The lowest BCUT2D eigenvalue weighted by molar-refractivity contribution is -0.134. The first-order chi connectivity index (χ1) is 15.6. The third kappa shape index (κ3) is 5.46. The fourth-order valence-corrected chi connectivity index (χ4v) is 3.46. The van der Waals surface area contributed by atoms with E-state index < -0.39 is 0 Å².